The Kier molecular flexibility index (Phi) is 4.88. The molecule has 122 valence electrons. The number of nitrogens with zero attached hydrogens (tertiary/aromatic N) is 4. The summed E-state index contributed by atoms with van der Waals surface area (Å²) in [6.45, 7) is 9.99. The molecular formula is C16H26N4O2. The molecule has 0 aromatic carbocycles. The van der Waals surface area contributed by atoms with Crippen LogP contribution in [0.1, 0.15) is 32.9 Å². The summed E-state index contributed by atoms with van der Waals surface area (Å²) in [5.41, 5.74) is 0.481. The minimum absolute atomic E-state index is 0.215. The van der Waals surface area contributed by atoms with Crippen LogP contribution in [0.5, 0.6) is 0 Å². The van der Waals surface area contributed by atoms with E-state index in [1.165, 1.54) is 0 Å². The Morgan fingerprint density at radius 2 is 2.09 bits per heavy atom. The van der Waals surface area contributed by atoms with Crippen molar-refractivity contribution in [2.24, 2.45) is 5.92 Å². The zero-order valence-electron chi connectivity index (χ0n) is 14.2. The lowest BCUT2D eigenvalue weighted by atomic mass is 10.1. The van der Waals surface area contributed by atoms with Crippen LogP contribution in [0.2, 0.25) is 0 Å². The number of rotatable bonds is 3. The fourth-order valence-corrected chi connectivity index (χ4v) is 2.72. The molecular weight excluding hydrogens is 280 g/mol. The van der Waals surface area contributed by atoms with Crippen LogP contribution in [-0.2, 0) is 4.74 Å². The van der Waals surface area contributed by atoms with Gasteiger partial charge in [-0.05, 0) is 40.0 Å². The van der Waals surface area contributed by atoms with Gasteiger partial charge < -0.3 is 14.5 Å². The molecule has 1 aliphatic rings. The fraction of sp³-hybridized carbons (Fsp3) is 0.688. The molecule has 0 bridgehead atoms. The Morgan fingerprint density at radius 1 is 1.41 bits per heavy atom. The molecule has 0 saturated carbocycles. The quantitative estimate of drug-likeness (QED) is 0.858. The topological polar surface area (TPSA) is 58.6 Å². The Morgan fingerprint density at radius 3 is 2.73 bits per heavy atom. The van der Waals surface area contributed by atoms with Crippen LogP contribution >= 0.6 is 0 Å². The number of carbonyl (C=O) groups is 1. The number of carbonyl (C=O) groups excluding carboxylic acids is 1. The molecule has 1 unspecified atom stereocenters. The van der Waals surface area contributed by atoms with Gasteiger partial charge in [-0.25, -0.2) is 9.78 Å². The van der Waals surface area contributed by atoms with Gasteiger partial charge in [0.25, 0.3) is 0 Å². The molecule has 2 heterocycles. The molecule has 1 saturated heterocycles. The van der Waals surface area contributed by atoms with Crippen LogP contribution < -0.4 is 4.90 Å². The van der Waals surface area contributed by atoms with E-state index in [0.29, 0.717) is 5.92 Å². The van der Waals surface area contributed by atoms with Crippen molar-refractivity contribution < 1.29 is 9.53 Å². The van der Waals surface area contributed by atoms with E-state index in [4.69, 9.17) is 4.74 Å². The third-order valence-electron chi connectivity index (χ3n) is 3.69. The van der Waals surface area contributed by atoms with E-state index in [9.17, 15) is 4.79 Å². The van der Waals surface area contributed by atoms with Crippen LogP contribution in [0.15, 0.2) is 12.4 Å². The number of amides is 1. The van der Waals surface area contributed by atoms with Crippen molar-refractivity contribution in [3.63, 3.8) is 0 Å². The summed E-state index contributed by atoms with van der Waals surface area (Å²) in [5, 5.41) is 0. The molecule has 1 atom stereocenters. The zero-order valence-corrected chi connectivity index (χ0v) is 14.2. The maximum absolute atomic E-state index is 12.1. The number of aromatic nitrogens is 2. The first kappa shape index (κ1) is 16.5. The lowest BCUT2D eigenvalue weighted by Crippen LogP contribution is -2.36. The second-order valence-corrected chi connectivity index (χ2v) is 6.93. The predicted octanol–water partition coefficient (Wildman–Crippen LogP) is 2.48. The third kappa shape index (κ3) is 4.32. The molecule has 0 aliphatic carbocycles. The van der Waals surface area contributed by atoms with Crippen molar-refractivity contribution in [2.75, 3.05) is 31.6 Å². The van der Waals surface area contributed by atoms with Crippen molar-refractivity contribution in [1.82, 2.24) is 14.9 Å². The average molecular weight is 306 g/mol. The van der Waals surface area contributed by atoms with E-state index in [1.54, 1.807) is 17.3 Å². The fourth-order valence-electron chi connectivity index (χ4n) is 2.72. The number of hydrogen-bond donors (Lipinski definition) is 0. The van der Waals surface area contributed by atoms with Crippen molar-refractivity contribution in [2.45, 2.75) is 39.7 Å². The van der Waals surface area contributed by atoms with Crippen LogP contribution in [0.4, 0.5) is 10.6 Å². The lowest BCUT2D eigenvalue weighted by molar-refractivity contribution is 0.0288. The average Bonchev–Trinajstić information content (AvgIpc) is 2.85. The molecule has 1 amide bonds. The van der Waals surface area contributed by atoms with E-state index in [1.807, 2.05) is 34.7 Å². The first-order valence-electron chi connectivity index (χ1n) is 7.73. The van der Waals surface area contributed by atoms with Crippen LogP contribution in [-0.4, -0.2) is 53.2 Å². The van der Waals surface area contributed by atoms with Gasteiger partial charge in [-0.3, -0.25) is 4.98 Å². The van der Waals surface area contributed by atoms with Crippen molar-refractivity contribution in [1.29, 1.82) is 0 Å². The summed E-state index contributed by atoms with van der Waals surface area (Å²) < 4.78 is 5.43. The molecule has 1 aromatic rings. The maximum Gasteiger partial charge on any atom is 0.410 e. The molecule has 1 fully saturated rings. The summed E-state index contributed by atoms with van der Waals surface area (Å²) >= 11 is 0. The Hall–Kier alpha value is -1.85. The highest BCUT2D eigenvalue weighted by Crippen LogP contribution is 2.22. The van der Waals surface area contributed by atoms with E-state index in [-0.39, 0.29) is 6.09 Å². The highest BCUT2D eigenvalue weighted by atomic mass is 16.6. The van der Waals surface area contributed by atoms with Gasteiger partial charge in [-0.2, -0.15) is 0 Å². The van der Waals surface area contributed by atoms with Gasteiger partial charge in [0.1, 0.15) is 11.4 Å². The molecule has 0 spiro atoms. The minimum atomic E-state index is -0.442. The second kappa shape index (κ2) is 6.50. The number of ether oxygens (including phenoxy) is 1. The molecule has 1 aromatic heterocycles. The van der Waals surface area contributed by atoms with E-state index < -0.39 is 5.60 Å². The SMILES string of the molecule is Cc1nccnc1N(C)CC1CCN(C(=O)OC(C)(C)C)C1. The summed E-state index contributed by atoms with van der Waals surface area (Å²) in [6, 6.07) is 0. The third-order valence-corrected chi connectivity index (χ3v) is 3.69. The summed E-state index contributed by atoms with van der Waals surface area (Å²) in [5.74, 6) is 1.33. The van der Waals surface area contributed by atoms with Crippen molar-refractivity contribution >= 4 is 11.9 Å². The minimum Gasteiger partial charge on any atom is -0.444 e. The summed E-state index contributed by atoms with van der Waals surface area (Å²) in [6.07, 6.45) is 4.18. The standard InChI is InChI=1S/C16H26N4O2/c1-12-14(18-8-7-17-12)19(5)10-13-6-9-20(11-13)15(21)22-16(2,3)4/h7-8,13H,6,9-11H2,1-5H3. The van der Waals surface area contributed by atoms with Crippen LogP contribution in [0, 0.1) is 12.8 Å². The van der Waals surface area contributed by atoms with Crippen LogP contribution in [0.3, 0.4) is 0 Å². The monoisotopic (exact) mass is 306 g/mol. The zero-order chi connectivity index (χ0) is 16.3. The largest absolute Gasteiger partial charge is 0.444 e. The van der Waals surface area contributed by atoms with Crippen molar-refractivity contribution in [3.8, 4) is 0 Å². The van der Waals surface area contributed by atoms with Gasteiger partial charge in [0.2, 0.25) is 0 Å². The predicted molar refractivity (Wildman–Crippen MR) is 86.0 cm³/mol. The normalized spacial score (nSPS) is 18.4. The molecule has 0 N–H and O–H groups in total. The smallest absolute Gasteiger partial charge is 0.410 e. The number of aryl methyl sites for hydroxylation is 1. The Bertz CT molecular complexity index is 527. The number of hydrogen-bond acceptors (Lipinski definition) is 5. The van der Waals surface area contributed by atoms with Gasteiger partial charge in [0, 0.05) is 39.1 Å². The lowest BCUT2D eigenvalue weighted by Gasteiger charge is -2.25. The number of likely N-dealkylation sites (tertiary alicyclic amines) is 1. The van der Waals surface area contributed by atoms with E-state index in [2.05, 4.69) is 14.9 Å². The van der Waals surface area contributed by atoms with Gasteiger partial charge in [0.15, 0.2) is 0 Å². The Balaban J connectivity index is 1.89. The van der Waals surface area contributed by atoms with Crippen LogP contribution in [0.25, 0.3) is 0 Å². The second-order valence-electron chi connectivity index (χ2n) is 6.93. The summed E-state index contributed by atoms with van der Waals surface area (Å²) in [7, 11) is 2.02. The van der Waals surface area contributed by atoms with Gasteiger partial charge in [0.05, 0.1) is 5.69 Å². The highest BCUT2D eigenvalue weighted by Gasteiger charge is 2.30. The molecule has 6 heteroatoms. The highest BCUT2D eigenvalue weighted by molar-refractivity contribution is 5.68. The Labute approximate surface area is 132 Å². The molecule has 22 heavy (non-hydrogen) atoms. The number of anilines is 1. The van der Waals surface area contributed by atoms with Crippen molar-refractivity contribution in [3.05, 3.63) is 18.1 Å². The van der Waals surface area contributed by atoms with E-state index in [0.717, 1.165) is 37.6 Å². The first-order valence-corrected chi connectivity index (χ1v) is 7.73. The van der Waals surface area contributed by atoms with E-state index >= 15 is 0 Å². The first-order chi connectivity index (χ1) is 10.3. The molecule has 1 aliphatic heterocycles. The summed E-state index contributed by atoms with van der Waals surface area (Å²) in [4.78, 5) is 24.7. The molecule has 6 nitrogen and oxygen atoms in total. The van der Waals surface area contributed by atoms with Gasteiger partial charge in [-0.1, -0.05) is 0 Å². The van der Waals surface area contributed by atoms with Gasteiger partial charge >= 0.3 is 6.09 Å². The maximum atomic E-state index is 12.1. The molecule has 0 radical (unpaired) electrons. The van der Waals surface area contributed by atoms with Gasteiger partial charge in [-0.15, -0.1) is 0 Å². The molecule has 2 rings (SSSR count).